The maximum absolute atomic E-state index is 13.3. The van der Waals surface area contributed by atoms with Crippen LogP contribution in [0.15, 0.2) is 42.6 Å². The van der Waals surface area contributed by atoms with Crippen molar-refractivity contribution in [2.45, 2.75) is 6.92 Å². The normalized spacial score (nSPS) is 10.6. The number of hydrogen-bond donors (Lipinski definition) is 2. The molecule has 2 aromatic rings. The average molecular weight is 317 g/mol. The maximum Gasteiger partial charge on any atom is 0.248 e. The molecule has 118 valence electrons. The maximum atomic E-state index is 13.3. The van der Waals surface area contributed by atoms with Crippen LogP contribution >= 0.6 is 0 Å². The molecule has 7 heteroatoms. The molecular formula is C16H13F2N3O2. The van der Waals surface area contributed by atoms with E-state index in [0.29, 0.717) is 5.69 Å². The fraction of sp³-hybridized carbons (Fsp3) is 0.0625. The lowest BCUT2D eigenvalue weighted by molar-refractivity contribution is -0.114. The zero-order valence-electron chi connectivity index (χ0n) is 12.1. The van der Waals surface area contributed by atoms with Gasteiger partial charge in [-0.1, -0.05) is 6.07 Å². The molecule has 5 nitrogen and oxygen atoms in total. The summed E-state index contributed by atoms with van der Waals surface area (Å²) in [5, 5.41) is 4.70. The van der Waals surface area contributed by atoms with Crippen molar-refractivity contribution >= 4 is 29.3 Å². The van der Waals surface area contributed by atoms with Gasteiger partial charge < -0.3 is 10.6 Å². The Hall–Kier alpha value is -3.09. The third-order valence-corrected chi connectivity index (χ3v) is 2.72. The largest absolute Gasteiger partial charge is 0.324 e. The van der Waals surface area contributed by atoms with Crippen molar-refractivity contribution in [3.63, 3.8) is 0 Å². The molecular weight excluding hydrogens is 304 g/mol. The molecule has 0 saturated heterocycles. The van der Waals surface area contributed by atoms with Crippen molar-refractivity contribution in [1.29, 1.82) is 0 Å². The van der Waals surface area contributed by atoms with Gasteiger partial charge in [-0.15, -0.1) is 0 Å². The van der Waals surface area contributed by atoms with Crippen LogP contribution in [0.5, 0.6) is 0 Å². The number of aromatic nitrogens is 1. The Kier molecular flexibility index (Phi) is 5.14. The second kappa shape index (κ2) is 7.26. The van der Waals surface area contributed by atoms with Gasteiger partial charge in [0.1, 0.15) is 0 Å². The fourth-order valence-corrected chi connectivity index (χ4v) is 1.75. The monoisotopic (exact) mass is 317 g/mol. The molecule has 1 heterocycles. The average Bonchev–Trinajstić information content (AvgIpc) is 2.51. The van der Waals surface area contributed by atoms with E-state index >= 15 is 0 Å². The molecule has 0 bridgehead atoms. The quantitative estimate of drug-likeness (QED) is 0.852. The molecule has 0 unspecified atom stereocenters. The summed E-state index contributed by atoms with van der Waals surface area (Å²) in [5.41, 5.74) is 0.487. The van der Waals surface area contributed by atoms with E-state index in [4.69, 9.17) is 0 Å². The number of halogens is 2. The van der Waals surface area contributed by atoms with Gasteiger partial charge in [-0.2, -0.15) is 0 Å². The van der Waals surface area contributed by atoms with Gasteiger partial charge in [-0.25, -0.2) is 8.78 Å². The molecule has 1 aromatic carbocycles. The molecule has 2 rings (SSSR count). The van der Waals surface area contributed by atoms with Crippen LogP contribution in [0, 0.1) is 11.6 Å². The van der Waals surface area contributed by atoms with Crippen LogP contribution in [0.25, 0.3) is 6.08 Å². The Labute approximate surface area is 131 Å². The molecule has 0 aliphatic carbocycles. The molecule has 2 amide bonds. The lowest BCUT2D eigenvalue weighted by Crippen LogP contribution is -2.14. The van der Waals surface area contributed by atoms with E-state index in [-0.39, 0.29) is 11.4 Å². The smallest absolute Gasteiger partial charge is 0.248 e. The van der Waals surface area contributed by atoms with E-state index < -0.39 is 23.4 Å². The lowest BCUT2D eigenvalue weighted by Gasteiger charge is -2.11. The summed E-state index contributed by atoms with van der Waals surface area (Å²) in [7, 11) is 0. The molecule has 1 aromatic heterocycles. The molecule has 0 radical (unpaired) electrons. The molecule has 0 atom stereocenters. The Morgan fingerprint density at radius 2 is 1.74 bits per heavy atom. The Morgan fingerprint density at radius 3 is 2.30 bits per heavy atom. The van der Waals surface area contributed by atoms with E-state index in [0.717, 1.165) is 12.1 Å². The van der Waals surface area contributed by atoms with Crippen LogP contribution in [0.3, 0.4) is 0 Å². The Morgan fingerprint density at radius 1 is 1.09 bits per heavy atom. The predicted octanol–water partition coefficient (Wildman–Crippen LogP) is 2.97. The number of benzene rings is 1. The molecule has 0 aliphatic rings. The van der Waals surface area contributed by atoms with Gasteiger partial charge in [0.05, 0.1) is 17.1 Å². The summed E-state index contributed by atoms with van der Waals surface area (Å²) in [4.78, 5) is 27.0. The van der Waals surface area contributed by atoms with Gasteiger partial charge in [0.2, 0.25) is 11.8 Å². The first-order valence-electron chi connectivity index (χ1n) is 6.62. The summed E-state index contributed by atoms with van der Waals surface area (Å²) in [6.07, 6.45) is 4.23. The van der Waals surface area contributed by atoms with Gasteiger partial charge in [-0.05, 0) is 18.2 Å². The highest BCUT2D eigenvalue weighted by Crippen LogP contribution is 2.25. The predicted molar refractivity (Wildman–Crippen MR) is 82.6 cm³/mol. The molecule has 2 N–H and O–H groups in total. The lowest BCUT2D eigenvalue weighted by atomic mass is 10.2. The molecule has 0 saturated carbocycles. The van der Waals surface area contributed by atoms with Crippen LogP contribution in [-0.4, -0.2) is 16.8 Å². The fourth-order valence-electron chi connectivity index (χ4n) is 1.75. The van der Waals surface area contributed by atoms with Crippen molar-refractivity contribution < 1.29 is 18.4 Å². The van der Waals surface area contributed by atoms with Crippen LogP contribution in [0.2, 0.25) is 0 Å². The molecule has 0 aliphatic heterocycles. The van der Waals surface area contributed by atoms with Gasteiger partial charge >= 0.3 is 0 Å². The standard InChI is InChI=1S/C16H13F2N3O2/c1-10(22)20-14-8-12(17)13(18)9-15(14)21-16(23)6-5-11-4-2-3-7-19-11/h2-9H,1H3,(H,20,22)(H,21,23)/b6-5-. The minimum atomic E-state index is -1.14. The number of amides is 2. The van der Waals surface area contributed by atoms with Gasteiger partial charge in [-0.3, -0.25) is 14.6 Å². The van der Waals surface area contributed by atoms with Crippen LogP contribution in [0.1, 0.15) is 12.6 Å². The van der Waals surface area contributed by atoms with Crippen molar-refractivity contribution in [2.75, 3.05) is 10.6 Å². The summed E-state index contributed by atoms with van der Waals surface area (Å²) in [6.45, 7) is 1.22. The molecule has 0 spiro atoms. The van der Waals surface area contributed by atoms with E-state index in [1.165, 1.54) is 19.1 Å². The van der Waals surface area contributed by atoms with Crippen molar-refractivity contribution in [3.05, 3.63) is 59.9 Å². The van der Waals surface area contributed by atoms with Crippen molar-refractivity contribution in [2.24, 2.45) is 0 Å². The SMILES string of the molecule is CC(=O)Nc1cc(F)c(F)cc1NC(=O)/C=C\c1ccccn1. The van der Waals surface area contributed by atoms with E-state index in [1.54, 1.807) is 24.4 Å². The van der Waals surface area contributed by atoms with Gasteiger partial charge in [0.15, 0.2) is 11.6 Å². The summed E-state index contributed by atoms with van der Waals surface area (Å²) < 4.78 is 26.6. The Balaban J connectivity index is 2.18. The highest BCUT2D eigenvalue weighted by atomic mass is 19.2. The van der Waals surface area contributed by atoms with Crippen LogP contribution in [-0.2, 0) is 9.59 Å². The minimum absolute atomic E-state index is 0.0315. The minimum Gasteiger partial charge on any atom is -0.324 e. The second-order valence-electron chi connectivity index (χ2n) is 4.57. The van der Waals surface area contributed by atoms with Gasteiger partial charge in [0.25, 0.3) is 0 Å². The van der Waals surface area contributed by atoms with Crippen molar-refractivity contribution in [1.82, 2.24) is 4.98 Å². The number of rotatable bonds is 4. The van der Waals surface area contributed by atoms with Crippen molar-refractivity contribution in [3.8, 4) is 0 Å². The zero-order chi connectivity index (χ0) is 16.8. The van der Waals surface area contributed by atoms with Crippen LogP contribution in [0.4, 0.5) is 20.2 Å². The number of nitrogens with zero attached hydrogens (tertiary/aromatic N) is 1. The summed E-state index contributed by atoms with van der Waals surface area (Å²) >= 11 is 0. The number of hydrogen-bond acceptors (Lipinski definition) is 3. The Bertz CT molecular complexity index is 761. The first-order chi connectivity index (χ1) is 11.0. The first-order valence-corrected chi connectivity index (χ1v) is 6.62. The molecule has 23 heavy (non-hydrogen) atoms. The topological polar surface area (TPSA) is 71.1 Å². The molecule has 0 fully saturated rings. The summed E-state index contributed by atoms with van der Waals surface area (Å²) in [6, 6.07) is 6.79. The first kappa shape index (κ1) is 16.3. The van der Waals surface area contributed by atoms with E-state index in [9.17, 15) is 18.4 Å². The number of carbonyl (C=O) groups excluding carboxylic acids is 2. The number of nitrogens with one attached hydrogen (secondary N) is 2. The number of pyridine rings is 1. The number of anilines is 2. The second-order valence-corrected chi connectivity index (χ2v) is 4.57. The van der Waals surface area contributed by atoms with Crippen LogP contribution < -0.4 is 10.6 Å². The highest BCUT2D eigenvalue weighted by Gasteiger charge is 2.12. The number of carbonyl (C=O) groups is 2. The zero-order valence-corrected chi connectivity index (χ0v) is 12.1. The summed E-state index contributed by atoms with van der Waals surface area (Å²) in [5.74, 6) is -3.32. The van der Waals surface area contributed by atoms with E-state index in [1.807, 2.05) is 0 Å². The third kappa shape index (κ3) is 4.70. The third-order valence-electron chi connectivity index (χ3n) is 2.72. The van der Waals surface area contributed by atoms with Gasteiger partial charge in [0, 0.05) is 31.3 Å². The highest BCUT2D eigenvalue weighted by molar-refractivity contribution is 6.05. The van der Waals surface area contributed by atoms with E-state index in [2.05, 4.69) is 15.6 Å².